The molecule has 1 aliphatic heterocycles. The highest BCUT2D eigenvalue weighted by atomic mass is 32.1. The van der Waals surface area contributed by atoms with Crippen molar-refractivity contribution in [1.29, 1.82) is 0 Å². The maximum atomic E-state index is 12.6. The van der Waals surface area contributed by atoms with Gasteiger partial charge in [-0.25, -0.2) is 0 Å². The summed E-state index contributed by atoms with van der Waals surface area (Å²) in [7, 11) is 0. The fraction of sp³-hybridized carbons (Fsp3) is 0.688. The fourth-order valence-corrected chi connectivity index (χ4v) is 3.92. The number of likely N-dealkylation sites (tertiary alicyclic amines) is 1. The minimum atomic E-state index is 0.0348. The average Bonchev–Trinajstić information content (AvgIpc) is 2.96. The molecule has 0 bridgehead atoms. The largest absolute Gasteiger partial charge is 0.396 e. The minimum absolute atomic E-state index is 0.0348. The summed E-state index contributed by atoms with van der Waals surface area (Å²) < 4.78 is 0. The van der Waals surface area contributed by atoms with E-state index in [0.717, 1.165) is 42.8 Å². The zero-order chi connectivity index (χ0) is 14.8. The zero-order valence-electron chi connectivity index (χ0n) is 12.7. The van der Waals surface area contributed by atoms with Crippen LogP contribution in [0.2, 0.25) is 0 Å². The highest BCUT2D eigenvalue weighted by molar-refractivity contribution is 7.12. The molecule has 3 nitrogen and oxygen atoms in total. The second-order valence-electron chi connectivity index (χ2n) is 6.16. The number of thiophene rings is 1. The van der Waals surface area contributed by atoms with E-state index in [4.69, 9.17) is 0 Å². The predicted molar refractivity (Wildman–Crippen MR) is 83.4 cm³/mol. The van der Waals surface area contributed by atoms with Gasteiger partial charge in [0.05, 0.1) is 4.88 Å². The standard InChI is InChI=1S/C16H25NO2S/c1-4-16(11-18)6-8-17(9-7-16)15(19)14-13(12(2)3)5-10-20-14/h5,10,12,18H,4,6-9,11H2,1-3H3. The molecule has 2 rings (SSSR count). The highest BCUT2D eigenvalue weighted by Crippen LogP contribution is 2.35. The van der Waals surface area contributed by atoms with E-state index in [1.165, 1.54) is 0 Å². The Balaban J connectivity index is 2.07. The van der Waals surface area contributed by atoms with E-state index in [9.17, 15) is 9.90 Å². The van der Waals surface area contributed by atoms with Gasteiger partial charge >= 0.3 is 0 Å². The molecule has 0 spiro atoms. The van der Waals surface area contributed by atoms with Gasteiger partial charge in [-0.2, -0.15) is 0 Å². The van der Waals surface area contributed by atoms with Crippen molar-refractivity contribution < 1.29 is 9.90 Å². The van der Waals surface area contributed by atoms with Crippen molar-refractivity contribution >= 4 is 17.2 Å². The number of hydrogen-bond donors (Lipinski definition) is 1. The van der Waals surface area contributed by atoms with Gasteiger partial charge in [-0.1, -0.05) is 20.8 Å². The minimum Gasteiger partial charge on any atom is -0.396 e. The number of aliphatic hydroxyl groups is 1. The molecule has 1 fully saturated rings. The number of carbonyl (C=O) groups is 1. The third-order valence-electron chi connectivity index (χ3n) is 4.71. The number of hydrogen-bond acceptors (Lipinski definition) is 3. The van der Waals surface area contributed by atoms with Crippen LogP contribution in [-0.2, 0) is 0 Å². The normalized spacial score (nSPS) is 18.6. The van der Waals surface area contributed by atoms with Crippen molar-refractivity contribution in [3.05, 3.63) is 21.9 Å². The van der Waals surface area contributed by atoms with Crippen LogP contribution in [0.3, 0.4) is 0 Å². The number of amides is 1. The Morgan fingerprint density at radius 2 is 2.10 bits per heavy atom. The number of nitrogens with zero attached hydrogens (tertiary/aromatic N) is 1. The van der Waals surface area contributed by atoms with Crippen LogP contribution in [0.25, 0.3) is 0 Å². The van der Waals surface area contributed by atoms with Crippen LogP contribution in [0.4, 0.5) is 0 Å². The van der Waals surface area contributed by atoms with Crippen LogP contribution >= 0.6 is 11.3 Å². The summed E-state index contributed by atoms with van der Waals surface area (Å²) in [5.41, 5.74) is 1.20. The van der Waals surface area contributed by atoms with Crippen LogP contribution in [0.5, 0.6) is 0 Å². The molecule has 1 aromatic rings. The van der Waals surface area contributed by atoms with Crippen LogP contribution in [0.15, 0.2) is 11.4 Å². The topological polar surface area (TPSA) is 40.5 Å². The van der Waals surface area contributed by atoms with Crippen molar-refractivity contribution in [3.63, 3.8) is 0 Å². The summed E-state index contributed by atoms with van der Waals surface area (Å²) in [6.07, 6.45) is 2.81. The molecule has 112 valence electrons. The van der Waals surface area contributed by atoms with Crippen molar-refractivity contribution in [2.75, 3.05) is 19.7 Å². The number of carbonyl (C=O) groups excluding carboxylic acids is 1. The van der Waals surface area contributed by atoms with Crippen molar-refractivity contribution in [2.24, 2.45) is 5.41 Å². The average molecular weight is 295 g/mol. The van der Waals surface area contributed by atoms with Gasteiger partial charge in [0.1, 0.15) is 0 Å². The first-order valence-corrected chi connectivity index (χ1v) is 8.38. The van der Waals surface area contributed by atoms with Crippen molar-refractivity contribution in [1.82, 2.24) is 4.90 Å². The first kappa shape index (κ1) is 15.5. The van der Waals surface area contributed by atoms with E-state index in [0.29, 0.717) is 5.92 Å². The molecular weight excluding hydrogens is 270 g/mol. The summed E-state index contributed by atoms with van der Waals surface area (Å²) in [6, 6.07) is 2.07. The lowest BCUT2D eigenvalue weighted by Crippen LogP contribution is -2.44. The summed E-state index contributed by atoms with van der Waals surface area (Å²) >= 11 is 1.55. The van der Waals surface area contributed by atoms with E-state index in [-0.39, 0.29) is 17.9 Å². The van der Waals surface area contributed by atoms with Gasteiger partial charge in [0.15, 0.2) is 0 Å². The summed E-state index contributed by atoms with van der Waals surface area (Å²) in [5.74, 6) is 0.559. The fourth-order valence-electron chi connectivity index (χ4n) is 2.90. The molecule has 1 N–H and O–H groups in total. The molecule has 0 atom stereocenters. The van der Waals surface area contributed by atoms with E-state index >= 15 is 0 Å². The lowest BCUT2D eigenvalue weighted by atomic mass is 9.77. The van der Waals surface area contributed by atoms with Gasteiger partial charge < -0.3 is 10.0 Å². The van der Waals surface area contributed by atoms with E-state index in [2.05, 4.69) is 26.8 Å². The zero-order valence-corrected chi connectivity index (χ0v) is 13.5. The van der Waals surface area contributed by atoms with Gasteiger partial charge in [0, 0.05) is 19.7 Å². The lowest BCUT2D eigenvalue weighted by molar-refractivity contribution is 0.0340. The molecule has 0 aromatic carbocycles. The molecule has 1 aliphatic rings. The summed E-state index contributed by atoms with van der Waals surface area (Å²) in [6.45, 7) is 8.16. The smallest absolute Gasteiger partial charge is 0.264 e. The Hall–Kier alpha value is -0.870. The third-order valence-corrected chi connectivity index (χ3v) is 5.63. The molecule has 1 amide bonds. The van der Waals surface area contributed by atoms with Gasteiger partial charge in [0.2, 0.25) is 0 Å². The number of piperidine rings is 1. The first-order valence-electron chi connectivity index (χ1n) is 7.50. The predicted octanol–water partition coefficient (Wildman–Crippen LogP) is 3.50. The second kappa shape index (κ2) is 6.27. The quantitative estimate of drug-likeness (QED) is 0.923. The summed E-state index contributed by atoms with van der Waals surface area (Å²) in [5, 5.41) is 11.6. The van der Waals surface area contributed by atoms with Gasteiger partial charge in [-0.15, -0.1) is 11.3 Å². The third kappa shape index (κ3) is 2.91. The van der Waals surface area contributed by atoms with Gasteiger partial charge in [-0.05, 0) is 47.6 Å². The van der Waals surface area contributed by atoms with Crippen LogP contribution in [0, 0.1) is 5.41 Å². The number of rotatable bonds is 4. The molecule has 0 radical (unpaired) electrons. The Kier molecular flexibility index (Phi) is 4.86. The van der Waals surface area contributed by atoms with Crippen LogP contribution in [0.1, 0.15) is 61.2 Å². The highest BCUT2D eigenvalue weighted by Gasteiger charge is 2.34. The number of aliphatic hydroxyl groups excluding tert-OH is 1. The van der Waals surface area contributed by atoms with E-state index in [1.807, 2.05) is 10.3 Å². The monoisotopic (exact) mass is 295 g/mol. The molecule has 0 unspecified atom stereocenters. The Morgan fingerprint density at radius 3 is 2.60 bits per heavy atom. The maximum Gasteiger partial charge on any atom is 0.264 e. The molecular formula is C16H25NO2S. The molecule has 20 heavy (non-hydrogen) atoms. The first-order chi connectivity index (χ1) is 9.53. The Labute approximate surface area is 125 Å². The van der Waals surface area contributed by atoms with Crippen molar-refractivity contribution in [3.8, 4) is 0 Å². The van der Waals surface area contributed by atoms with Gasteiger partial charge in [0.25, 0.3) is 5.91 Å². The Bertz CT molecular complexity index is 453. The van der Waals surface area contributed by atoms with Crippen molar-refractivity contribution in [2.45, 2.75) is 46.0 Å². The molecule has 1 saturated heterocycles. The summed E-state index contributed by atoms with van der Waals surface area (Å²) in [4.78, 5) is 15.5. The van der Waals surface area contributed by atoms with E-state index in [1.54, 1.807) is 11.3 Å². The second-order valence-corrected chi connectivity index (χ2v) is 7.08. The molecule has 0 aliphatic carbocycles. The van der Waals surface area contributed by atoms with Crippen LogP contribution < -0.4 is 0 Å². The van der Waals surface area contributed by atoms with Crippen LogP contribution in [-0.4, -0.2) is 35.6 Å². The lowest BCUT2D eigenvalue weighted by Gasteiger charge is -2.40. The van der Waals surface area contributed by atoms with E-state index < -0.39 is 0 Å². The van der Waals surface area contributed by atoms with Gasteiger partial charge in [-0.3, -0.25) is 4.79 Å². The maximum absolute atomic E-state index is 12.6. The molecule has 0 saturated carbocycles. The molecule has 4 heteroatoms. The SMILES string of the molecule is CCC1(CO)CCN(C(=O)c2sccc2C(C)C)CC1. The molecule has 2 heterocycles. The Morgan fingerprint density at radius 1 is 1.45 bits per heavy atom. The molecule has 1 aromatic heterocycles.